The van der Waals surface area contributed by atoms with Gasteiger partial charge in [-0.2, -0.15) is 0 Å². The molecule has 0 radical (unpaired) electrons. The van der Waals surface area contributed by atoms with E-state index in [0.717, 1.165) is 25.6 Å². The molecule has 0 saturated carbocycles. The normalized spacial score (nSPS) is 21.3. The van der Waals surface area contributed by atoms with Crippen molar-refractivity contribution in [2.75, 3.05) is 39.5 Å². The molecule has 1 heterocycles. The van der Waals surface area contributed by atoms with Crippen LogP contribution >= 0.6 is 0 Å². The van der Waals surface area contributed by atoms with Crippen molar-refractivity contribution in [2.24, 2.45) is 0 Å². The number of hydrogen-bond donors (Lipinski definition) is 0. The molecule has 1 unspecified atom stereocenters. The molecule has 1 fully saturated rings. The molecule has 0 bridgehead atoms. The van der Waals surface area contributed by atoms with Crippen LogP contribution in [0, 0.1) is 0 Å². The lowest BCUT2D eigenvalue weighted by Gasteiger charge is -2.28. The summed E-state index contributed by atoms with van der Waals surface area (Å²) in [6.07, 6.45) is 0.905. The van der Waals surface area contributed by atoms with Crippen LogP contribution in [0.15, 0.2) is 0 Å². The Morgan fingerprint density at radius 1 is 1.05 bits per heavy atom. The van der Waals surface area contributed by atoms with Crippen LogP contribution in [-0.4, -0.2) is 65.2 Å². The second-order valence-electron chi connectivity index (χ2n) is 4.85. The van der Waals surface area contributed by atoms with Gasteiger partial charge in [0.1, 0.15) is 6.04 Å². The summed E-state index contributed by atoms with van der Waals surface area (Å²) in [5.41, 5.74) is 0. The van der Waals surface area contributed by atoms with E-state index in [-0.39, 0.29) is 12.0 Å². The molecule has 0 aromatic carbocycles. The van der Waals surface area contributed by atoms with Crippen LogP contribution in [-0.2, 0) is 22.8 Å². The Morgan fingerprint density at radius 2 is 1.62 bits per heavy atom. The third kappa shape index (κ3) is 6.04. The lowest BCUT2D eigenvalue weighted by Crippen LogP contribution is -2.46. The Labute approximate surface area is 129 Å². The summed E-state index contributed by atoms with van der Waals surface area (Å²) in [5, 5.41) is 0. The first kappa shape index (κ1) is 18.6. The molecular formula is C14H29NO5Si. The maximum Gasteiger partial charge on any atom is 0.500 e. The second kappa shape index (κ2) is 9.53. The SMILES string of the molecule is CCOC(=O)[C@@H]1CN1CCC[Si](OCC)(OCC)OCC. The molecule has 1 rings (SSSR count). The number of hydrogen-bond acceptors (Lipinski definition) is 6. The second-order valence-corrected chi connectivity index (χ2v) is 7.58. The summed E-state index contributed by atoms with van der Waals surface area (Å²) in [6, 6.07) is 0.737. The van der Waals surface area contributed by atoms with E-state index in [1.807, 2.05) is 27.7 Å². The first-order chi connectivity index (χ1) is 10.1. The van der Waals surface area contributed by atoms with Gasteiger partial charge in [0.2, 0.25) is 0 Å². The fraction of sp³-hybridized carbons (Fsp3) is 0.929. The van der Waals surface area contributed by atoms with Crippen LogP contribution < -0.4 is 0 Å². The Bertz CT molecular complexity index is 299. The highest BCUT2D eigenvalue weighted by molar-refractivity contribution is 6.60. The Balaban J connectivity index is 2.35. The van der Waals surface area contributed by atoms with E-state index in [1.165, 1.54) is 0 Å². The van der Waals surface area contributed by atoms with Gasteiger partial charge >= 0.3 is 14.8 Å². The maximum atomic E-state index is 11.6. The van der Waals surface area contributed by atoms with E-state index in [1.54, 1.807) is 0 Å². The molecule has 7 heteroatoms. The van der Waals surface area contributed by atoms with Gasteiger partial charge in [-0.05, 0) is 40.7 Å². The summed E-state index contributed by atoms with van der Waals surface area (Å²) in [6.45, 7) is 11.6. The van der Waals surface area contributed by atoms with Crippen molar-refractivity contribution in [3.05, 3.63) is 0 Å². The first-order valence-electron chi connectivity index (χ1n) is 7.94. The summed E-state index contributed by atoms with van der Waals surface area (Å²) in [7, 11) is -2.54. The zero-order chi connectivity index (χ0) is 15.7. The Hall–Kier alpha value is -0.473. The average Bonchev–Trinajstić information content (AvgIpc) is 3.19. The van der Waals surface area contributed by atoms with Gasteiger partial charge in [0.15, 0.2) is 0 Å². The molecule has 0 amide bonds. The van der Waals surface area contributed by atoms with Crippen LogP contribution in [0.5, 0.6) is 0 Å². The van der Waals surface area contributed by atoms with E-state index in [4.69, 9.17) is 18.0 Å². The molecule has 0 aromatic rings. The monoisotopic (exact) mass is 319 g/mol. The minimum absolute atomic E-state index is 0.0488. The van der Waals surface area contributed by atoms with E-state index < -0.39 is 8.80 Å². The highest BCUT2D eigenvalue weighted by Crippen LogP contribution is 2.23. The van der Waals surface area contributed by atoms with Crippen molar-refractivity contribution in [1.82, 2.24) is 4.90 Å². The molecule has 1 saturated heterocycles. The molecular weight excluding hydrogens is 290 g/mol. The average molecular weight is 319 g/mol. The number of nitrogens with zero attached hydrogens (tertiary/aromatic N) is 1. The van der Waals surface area contributed by atoms with Crippen LogP contribution in [0.4, 0.5) is 0 Å². The van der Waals surface area contributed by atoms with Gasteiger partial charge in [-0.3, -0.25) is 9.69 Å². The van der Waals surface area contributed by atoms with E-state index in [0.29, 0.717) is 26.4 Å². The summed E-state index contributed by atoms with van der Waals surface area (Å²) < 4.78 is 22.4. The van der Waals surface area contributed by atoms with Crippen molar-refractivity contribution in [3.63, 3.8) is 0 Å². The molecule has 124 valence electrons. The van der Waals surface area contributed by atoms with E-state index >= 15 is 0 Å². The predicted octanol–water partition coefficient (Wildman–Crippen LogP) is 1.67. The highest BCUT2D eigenvalue weighted by atomic mass is 28.4. The smallest absolute Gasteiger partial charge is 0.465 e. The minimum atomic E-state index is -2.54. The molecule has 6 nitrogen and oxygen atoms in total. The first-order valence-corrected chi connectivity index (χ1v) is 9.88. The van der Waals surface area contributed by atoms with Crippen molar-refractivity contribution in [3.8, 4) is 0 Å². The molecule has 0 aromatic heterocycles. The van der Waals surface area contributed by atoms with Gasteiger partial charge in [0.05, 0.1) is 6.61 Å². The maximum absolute atomic E-state index is 11.6. The number of esters is 1. The highest BCUT2D eigenvalue weighted by Gasteiger charge is 2.43. The van der Waals surface area contributed by atoms with Crippen LogP contribution in [0.2, 0.25) is 6.04 Å². The predicted molar refractivity (Wildman–Crippen MR) is 82.1 cm³/mol. The number of ether oxygens (including phenoxy) is 1. The van der Waals surface area contributed by atoms with Crippen LogP contribution in [0.25, 0.3) is 0 Å². The van der Waals surface area contributed by atoms with Gasteiger partial charge in [-0.25, -0.2) is 0 Å². The van der Waals surface area contributed by atoms with Gasteiger partial charge in [-0.15, -0.1) is 0 Å². The number of carbonyl (C=O) groups is 1. The van der Waals surface area contributed by atoms with Gasteiger partial charge < -0.3 is 18.0 Å². The van der Waals surface area contributed by atoms with Gasteiger partial charge in [0.25, 0.3) is 0 Å². The zero-order valence-electron chi connectivity index (χ0n) is 13.7. The fourth-order valence-electron chi connectivity index (χ4n) is 2.38. The van der Waals surface area contributed by atoms with Crippen molar-refractivity contribution < 1.29 is 22.8 Å². The Morgan fingerprint density at radius 3 is 2.10 bits per heavy atom. The van der Waals surface area contributed by atoms with E-state index in [9.17, 15) is 4.79 Å². The molecule has 21 heavy (non-hydrogen) atoms. The quantitative estimate of drug-likeness (QED) is 0.310. The lowest BCUT2D eigenvalue weighted by molar-refractivity contribution is -0.143. The summed E-state index contributed by atoms with van der Waals surface area (Å²) in [4.78, 5) is 13.7. The van der Waals surface area contributed by atoms with Crippen LogP contribution in [0.1, 0.15) is 34.1 Å². The van der Waals surface area contributed by atoms with Gasteiger partial charge in [0, 0.05) is 32.4 Å². The third-order valence-corrected chi connectivity index (χ3v) is 6.45. The van der Waals surface area contributed by atoms with E-state index in [2.05, 4.69) is 4.90 Å². The van der Waals surface area contributed by atoms with Crippen molar-refractivity contribution in [2.45, 2.75) is 46.2 Å². The Kier molecular flexibility index (Phi) is 8.43. The minimum Gasteiger partial charge on any atom is -0.465 e. The number of carbonyl (C=O) groups excluding carboxylic acids is 1. The van der Waals surface area contributed by atoms with Gasteiger partial charge in [-0.1, -0.05) is 0 Å². The molecule has 1 aliphatic rings. The summed E-state index contributed by atoms with van der Waals surface area (Å²) >= 11 is 0. The molecule has 0 spiro atoms. The largest absolute Gasteiger partial charge is 0.500 e. The lowest BCUT2D eigenvalue weighted by atomic mass is 10.4. The molecule has 0 N–H and O–H groups in total. The summed E-state index contributed by atoms with van der Waals surface area (Å²) in [5.74, 6) is -0.111. The van der Waals surface area contributed by atoms with Crippen molar-refractivity contribution in [1.29, 1.82) is 0 Å². The molecule has 2 atom stereocenters. The number of rotatable bonds is 12. The fourth-order valence-corrected chi connectivity index (χ4v) is 4.98. The van der Waals surface area contributed by atoms with Crippen molar-refractivity contribution >= 4 is 14.8 Å². The molecule has 0 aliphatic carbocycles. The van der Waals surface area contributed by atoms with Crippen LogP contribution in [0.3, 0.4) is 0 Å². The topological polar surface area (TPSA) is 57.0 Å². The zero-order valence-corrected chi connectivity index (χ0v) is 14.7. The standard InChI is InChI=1S/C14H29NO5Si/c1-5-17-14(16)13-12-15(13)10-9-11-21(18-6-2,19-7-3)20-8-4/h13H,5-12H2,1-4H3/t13-,15?/m0/s1. The third-order valence-electron chi connectivity index (χ3n) is 3.29. The molecule has 1 aliphatic heterocycles.